The fraction of sp³-hybridized carbons (Fsp3) is 0.407. The van der Waals surface area contributed by atoms with Crippen LogP contribution in [-0.2, 0) is 19.1 Å². The SMILES string of the molecule is CCC[C@]1(C(=O)OCC)N[C@H](c2ccccc2C)[C@@H]2C(=O)N(c3cccc(C(C)=O)c3)C(=O)[C@@H]21. The van der Waals surface area contributed by atoms with Crippen molar-refractivity contribution in [2.45, 2.75) is 52.1 Å². The molecule has 4 rings (SSSR count). The molecule has 2 amide bonds. The van der Waals surface area contributed by atoms with E-state index in [-0.39, 0.29) is 18.3 Å². The minimum Gasteiger partial charge on any atom is -0.465 e. The van der Waals surface area contributed by atoms with Crippen molar-refractivity contribution < 1.29 is 23.9 Å². The van der Waals surface area contributed by atoms with Crippen LogP contribution in [0.4, 0.5) is 5.69 Å². The number of fused-ring (bicyclic) bond motifs is 1. The Labute approximate surface area is 199 Å². The van der Waals surface area contributed by atoms with Crippen molar-refractivity contribution in [2.75, 3.05) is 11.5 Å². The average molecular weight is 463 g/mol. The lowest BCUT2D eigenvalue weighted by molar-refractivity contribution is -0.155. The number of benzene rings is 2. The number of ether oxygens (including phenoxy) is 1. The average Bonchev–Trinajstić information content (AvgIpc) is 3.29. The summed E-state index contributed by atoms with van der Waals surface area (Å²) in [6, 6.07) is 13.7. The molecule has 2 aliphatic rings. The van der Waals surface area contributed by atoms with Gasteiger partial charge in [0.1, 0.15) is 5.54 Å². The molecule has 0 aliphatic carbocycles. The standard InChI is InChI=1S/C27H30N2O5/c1-5-14-27(26(33)34-6-2)22-21(23(28-27)20-13-8-7-10-16(20)3)24(31)29(25(22)32)19-12-9-11-18(15-19)17(4)30/h7-13,15,21-23,28H,5-6,14H2,1-4H3/t21-,22-,23-,27+/m1/s1. The van der Waals surface area contributed by atoms with Crippen molar-refractivity contribution in [2.24, 2.45) is 11.8 Å². The van der Waals surface area contributed by atoms with Gasteiger partial charge >= 0.3 is 5.97 Å². The topological polar surface area (TPSA) is 92.8 Å². The van der Waals surface area contributed by atoms with Crippen LogP contribution in [-0.4, -0.2) is 35.7 Å². The Morgan fingerprint density at radius 1 is 1.06 bits per heavy atom. The Bertz CT molecular complexity index is 1160. The minimum absolute atomic E-state index is 0.160. The predicted octanol–water partition coefficient (Wildman–Crippen LogP) is 3.75. The van der Waals surface area contributed by atoms with Crippen LogP contribution in [0.15, 0.2) is 48.5 Å². The smallest absolute Gasteiger partial charge is 0.327 e. The molecule has 1 N–H and O–H groups in total. The number of carbonyl (C=O) groups is 4. The van der Waals surface area contributed by atoms with Gasteiger partial charge in [-0.25, -0.2) is 4.90 Å². The first-order valence-electron chi connectivity index (χ1n) is 11.8. The number of rotatable bonds is 7. The zero-order chi connectivity index (χ0) is 24.6. The van der Waals surface area contributed by atoms with E-state index in [1.54, 1.807) is 31.2 Å². The maximum atomic E-state index is 13.9. The van der Waals surface area contributed by atoms with E-state index in [1.165, 1.54) is 6.92 Å². The molecular formula is C27H30N2O5. The van der Waals surface area contributed by atoms with Gasteiger partial charge in [0.05, 0.1) is 24.1 Å². The highest BCUT2D eigenvalue weighted by Gasteiger charge is 2.68. The number of ketones is 1. The molecule has 0 spiro atoms. The number of amides is 2. The van der Waals surface area contributed by atoms with Gasteiger partial charge in [-0.15, -0.1) is 0 Å². The molecule has 2 aromatic rings. The van der Waals surface area contributed by atoms with E-state index in [2.05, 4.69) is 5.32 Å². The molecule has 34 heavy (non-hydrogen) atoms. The van der Waals surface area contributed by atoms with Crippen molar-refractivity contribution in [3.63, 3.8) is 0 Å². The van der Waals surface area contributed by atoms with Crippen LogP contribution >= 0.6 is 0 Å². The maximum Gasteiger partial charge on any atom is 0.327 e. The number of nitrogens with zero attached hydrogens (tertiary/aromatic N) is 1. The van der Waals surface area contributed by atoms with Gasteiger partial charge in [-0.05, 0) is 50.5 Å². The number of carbonyl (C=O) groups excluding carboxylic acids is 4. The molecule has 2 fully saturated rings. The first kappa shape index (κ1) is 23.8. The van der Waals surface area contributed by atoms with Crippen LogP contribution in [0.2, 0.25) is 0 Å². The summed E-state index contributed by atoms with van der Waals surface area (Å²) in [5, 5.41) is 3.41. The molecule has 7 heteroatoms. The van der Waals surface area contributed by atoms with Crippen LogP contribution in [0.1, 0.15) is 61.1 Å². The molecule has 2 aromatic carbocycles. The quantitative estimate of drug-likeness (QED) is 0.383. The van der Waals surface area contributed by atoms with E-state index in [9.17, 15) is 19.2 Å². The van der Waals surface area contributed by atoms with Crippen molar-refractivity contribution in [3.8, 4) is 0 Å². The number of Topliss-reactive ketones (excluding diaryl/α,β-unsaturated/α-hetero) is 1. The van der Waals surface area contributed by atoms with E-state index < -0.39 is 35.3 Å². The molecular weight excluding hydrogens is 432 g/mol. The maximum absolute atomic E-state index is 13.9. The summed E-state index contributed by atoms with van der Waals surface area (Å²) >= 11 is 0. The van der Waals surface area contributed by atoms with Gasteiger partial charge in [-0.3, -0.25) is 24.5 Å². The fourth-order valence-corrected chi connectivity index (χ4v) is 5.50. The van der Waals surface area contributed by atoms with Crippen LogP contribution in [0.25, 0.3) is 0 Å². The summed E-state index contributed by atoms with van der Waals surface area (Å²) < 4.78 is 5.45. The molecule has 4 atom stereocenters. The molecule has 0 bridgehead atoms. The van der Waals surface area contributed by atoms with Gasteiger partial charge in [-0.2, -0.15) is 0 Å². The second kappa shape index (κ2) is 9.14. The lowest BCUT2D eigenvalue weighted by Crippen LogP contribution is -2.56. The summed E-state index contributed by atoms with van der Waals surface area (Å²) in [5.74, 6) is -3.18. The molecule has 0 aromatic heterocycles. The van der Waals surface area contributed by atoms with Gasteiger partial charge in [0.25, 0.3) is 0 Å². The van der Waals surface area contributed by atoms with Crippen molar-refractivity contribution in [3.05, 3.63) is 65.2 Å². The molecule has 0 radical (unpaired) electrons. The van der Waals surface area contributed by atoms with E-state index in [1.807, 2.05) is 38.1 Å². The monoisotopic (exact) mass is 462 g/mol. The number of nitrogens with one attached hydrogen (secondary N) is 1. The number of hydrogen-bond donors (Lipinski definition) is 1. The molecule has 178 valence electrons. The van der Waals surface area contributed by atoms with Crippen molar-refractivity contribution in [1.29, 1.82) is 0 Å². The first-order valence-corrected chi connectivity index (χ1v) is 11.8. The lowest BCUT2D eigenvalue weighted by Gasteiger charge is -2.33. The zero-order valence-electron chi connectivity index (χ0n) is 20.0. The summed E-state index contributed by atoms with van der Waals surface area (Å²) in [6.07, 6.45) is 0.979. The van der Waals surface area contributed by atoms with Crippen molar-refractivity contribution >= 4 is 29.3 Å². The van der Waals surface area contributed by atoms with Crippen LogP contribution in [0, 0.1) is 18.8 Å². The zero-order valence-corrected chi connectivity index (χ0v) is 20.0. The van der Waals surface area contributed by atoms with Crippen LogP contribution in [0.3, 0.4) is 0 Å². The highest BCUT2D eigenvalue weighted by molar-refractivity contribution is 6.24. The van der Waals surface area contributed by atoms with Crippen molar-refractivity contribution in [1.82, 2.24) is 5.32 Å². The first-order chi connectivity index (χ1) is 16.3. The number of aryl methyl sites for hydroxylation is 1. The van der Waals surface area contributed by atoms with Gasteiger partial charge in [0, 0.05) is 11.6 Å². The van der Waals surface area contributed by atoms with Crippen LogP contribution < -0.4 is 10.2 Å². The Balaban J connectivity index is 1.88. The van der Waals surface area contributed by atoms with E-state index in [4.69, 9.17) is 4.74 Å². The summed E-state index contributed by atoms with van der Waals surface area (Å²) in [6.45, 7) is 7.22. The normalized spacial score (nSPS) is 26.0. The fourth-order valence-electron chi connectivity index (χ4n) is 5.50. The summed E-state index contributed by atoms with van der Waals surface area (Å²) in [7, 11) is 0. The molecule has 2 heterocycles. The van der Waals surface area contributed by atoms with E-state index in [0.717, 1.165) is 16.0 Å². The van der Waals surface area contributed by atoms with Gasteiger partial charge in [-0.1, -0.05) is 49.7 Å². The highest BCUT2D eigenvalue weighted by atomic mass is 16.5. The second-order valence-electron chi connectivity index (χ2n) is 9.04. The Morgan fingerprint density at radius 2 is 1.79 bits per heavy atom. The third kappa shape index (κ3) is 3.64. The number of hydrogen-bond acceptors (Lipinski definition) is 6. The van der Waals surface area contributed by atoms with E-state index >= 15 is 0 Å². The second-order valence-corrected chi connectivity index (χ2v) is 9.04. The number of anilines is 1. The Kier molecular flexibility index (Phi) is 6.41. The minimum atomic E-state index is -1.32. The Morgan fingerprint density at radius 3 is 2.44 bits per heavy atom. The number of esters is 1. The molecule has 0 saturated carbocycles. The Hall–Kier alpha value is -3.32. The highest BCUT2D eigenvalue weighted by Crippen LogP contribution is 2.52. The van der Waals surface area contributed by atoms with Gasteiger partial charge in [0.2, 0.25) is 11.8 Å². The number of imide groups is 1. The summed E-state index contributed by atoms with van der Waals surface area (Å²) in [5.41, 5.74) is 1.28. The third-order valence-corrected chi connectivity index (χ3v) is 6.97. The predicted molar refractivity (Wildman–Crippen MR) is 127 cm³/mol. The lowest BCUT2D eigenvalue weighted by atomic mass is 9.76. The molecule has 0 unspecified atom stereocenters. The van der Waals surface area contributed by atoms with Gasteiger partial charge in [0.15, 0.2) is 5.78 Å². The van der Waals surface area contributed by atoms with Crippen LogP contribution in [0.5, 0.6) is 0 Å². The van der Waals surface area contributed by atoms with E-state index in [0.29, 0.717) is 24.1 Å². The molecule has 7 nitrogen and oxygen atoms in total. The third-order valence-electron chi connectivity index (χ3n) is 6.97. The molecule has 2 aliphatic heterocycles. The largest absolute Gasteiger partial charge is 0.465 e. The summed E-state index contributed by atoms with van der Waals surface area (Å²) in [4.78, 5) is 54.3. The molecule has 2 saturated heterocycles. The van der Waals surface area contributed by atoms with Gasteiger partial charge < -0.3 is 4.74 Å².